The van der Waals surface area contributed by atoms with E-state index in [-0.39, 0.29) is 17.0 Å². The monoisotopic (exact) mass is 267 g/mol. The Balaban J connectivity index is 1.89. The molecule has 1 aliphatic carbocycles. The number of amides is 1. The van der Waals surface area contributed by atoms with E-state index in [1.165, 1.54) is 6.07 Å². The van der Waals surface area contributed by atoms with Gasteiger partial charge < -0.3 is 10.4 Å². The van der Waals surface area contributed by atoms with Gasteiger partial charge in [0.05, 0.1) is 0 Å². The minimum absolute atomic E-state index is 0.136. The molecule has 0 radical (unpaired) electrons. The Morgan fingerprint density at radius 2 is 2.28 bits per heavy atom. The van der Waals surface area contributed by atoms with E-state index in [1.54, 1.807) is 19.1 Å². The van der Waals surface area contributed by atoms with Crippen molar-refractivity contribution in [1.82, 2.24) is 5.32 Å². The number of rotatable bonds is 3. The maximum atomic E-state index is 11.9. The number of halogens is 1. The second-order valence-corrected chi connectivity index (χ2v) is 5.60. The van der Waals surface area contributed by atoms with E-state index < -0.39 is 0 Å². The number of nitrogens with one attached hydrogen (secondary N) is 1. The van der Waals surface area contributed by atoms with Gasteiger partial charge in [0.2, 0.25) is 0 Å². The van der Waals surface area contributed by atoms with Crippen molar-refractivity contribution in [3.8, 4) is 5.75 Å². The molecule has 2 unspecified atom stereocenters. The summed E-state index contributed by atoms with van der Waals surface area (Å²) < 4.78 is 0. The average Bonchev–Trinajstić information content (AvgIpc) is 2.75. The molecule has 98 valence electrons. The van der Waals surface area contributed by atoms with Gasteiger partial charge in [-0.2, -0.15) is 0 Å². The van der Waals surface area contributed by atoms with Crippen molar-refractivity contribution in [2.75, 3.05) is 6.54 Å². The van der Waals surface area contributed by atoms with E-state index >= 15 is 0 Å². The third kappa shape index (κ3) is 3.16. The van der Waals surface area contributed by atoms with Crippen LogP contribution in [0.5, 0.6) is 5.75 Å². The van der Waals surface area contributed by atoms with Crippen LogP contribution in [0.15, 0.2) is 18.2 Å². The van der Waals surface area contributed by atoms with Gasteiger partial charge in [0.1, 0.15) is 5.75 Å². The van der Waals surface area contributed by atoms with Gasteiger partial charge in [0.15, 0.2) is 0 Å². The molecule has 18 heavy (non-hydrogen) atoms. The summed E-state index contributed by atoms with van der Waals surface area (Å²) in [6.45, 7) is 2.47. The van der Waals surface area contributed by atoms with Gasteiger partial charge in [-0.3, -0.25) is 4.79 Å². The first-order chi connectivity index (χ1) is 8.56. The molecule has 0 saturated heterocycles. The highest BCUT2D eigenvalue weighted by Crippen LogP contribution is 2.28. The summed E-state index contributed by atoms with van der Waals surface area (Å²) in [4.78, 5) is 11.9. The first kappa shape index (κ1) is 13.2. The van der Waals surface area contributed by atoms with Crippen LogP contribution in [0.3, 0.4) is 0 Å². The van der Waals surface area contributed by atoms with E-state index in [1.807, 2.05) is 0 Å². The van der Waals surface area contributed by atoms with Gasteiger partial charge in [0, 0.05) is 17.5 Å². The van der Waals surface area contributed by atoms with Crippen molar-refractivity contribution in [2.24, 2.45) is 5.92 Å². The topological polar surface area (TPSA) is 49.3 Å². The third-order valence-corrected chi connectivity index (χ3v) is 3.90. The van der Waals surface area contributed by atoms with Crippen molar-refractivity contribution < 1.29 is 9.90 Å². The van der Waals surface area contributed by atoms with E-state index in [9.17, 15) is 9.90 Å². The molecule has 1 amide bonds. The number of alkyl halides is 1. The Labute approximate surface area is 112 Å². The van der Waals surface area contributed by atoms with Crippen LogP contribution in [0.4, 0.5) is 0 Å². The van der Waals surface area contributed by atoms with E-state index in [0.717, 1.165) is 24.8 Å². The van der Waals surface area contributed by atoms with Crippen LogP contribution in [0.2, 0.25) is 0 Å². The van der Waals surface area contributed by atoms with Gasteiger partial charge in [-0.15, -0.1) is 11.6 Å². The number of hydrogen-bond acceptors (Lipinski definition) is 2. The zero-order valence-electron chi connectivity index (χ0n) is 10.4. The Kier molecular flexibility index (Phi) is 4.12. The van der Waals surface area contributed by atoms with E-state index in [2.05, 4.69) is 5.32 Å². The van der Waals surface area contributed by atoms with Crippen molar-refractivity contribution >= 4 is 17.5 Å². The highest BCUT2D eigenvalue weighted by atomic mass is 35.5. The number of carbonyl (C=O) groups excluding carboxylic acids is 1. The SMILES string of the molecule is Cc1ccc(C(=O)NCC2CCC(Cl)C2)cc1O. The highest BCUT2D eigenvalue weighted by molar-refractivity contribution is 6.20. The van der Waals surface area contributed by atoms with Gasteiger partial charge in [-0.05, 0) is 49.8 Å². The molecule has 0 spiro atoms. The summed E-state index contributed by atoms with van der Waals surface area (Å²) >= 11 is 6.03. The predicted octanol–water partition coefficient (Wildman–Crippen LogP) is 2.84. The normalized spacial score (nSPS) is 23.0. The molecule has 1 aromatic carbocycles. The number of hydrogen-bond donors (Lipinski definition) is 2. The molecule has 2 N–H and O–H groups in total. The summed E-state index contributed by atoms with van der Waals surface area (Å²) in [5.41, 5.74) is 1.27. The molecule has 3 nitrogen and oxygen atoms in total. The molecule has 4 heteroatoms. The lowest BCUT2D eigenvalue weighted by atomic mass is 10.1. The standard InChI is InChI=1S/C14H18ClNO2/c1-9-2-4-11(7-13(9)17)14(18)16-8-10-3-5-12(15)6-10/h2,4,7,10,12,17H,3,5-6,8H2,1H3,(H,16,18). The molecule has 1 aliphatic rings. The van der Waals surface area contributed by atoms with Crippen molar-refractivity contribution in [3.05, 3.63) is 29.3 Å². The quantitative estimate of drug-likeness (QED) is 0.828. The molecule has 0 bridgehead atoms. The second-order valence-electron chi connectivity index (χ2n) is 4.99. The lowest BCUT2D eigenvalue weighted by Gasteiger charge is -2.11. The van der Waals surface area contributed by atoms with Crippen molar-refractivity contribution in [3.63, 3.8) is 0 Å². The Bertz CT molecular complexity index is 447. The fourth-order valence-corrected chi connectivity index (χ4v) is 2.67. The molecular weight excluding hydrogens is 250 g/mol. The first-order valence-electron chi connectivity index (χ1n) is 6.28. The molecule has 0 aromatic heterocycles. The smallest absolute Gasteiger partial charge is 0.251 e. The summed E-state index contributed by atoms with van der Waals surface area (Å²) in [7, 11) is 0. The van der Waals surface area contributed by atoms with Crippen LogP contribution in [0.25, 0.3) is 0 Å². The van der Waals surface area contributed by atoms with Crippen molar-refractivity contribution in [1.29, 1.82) is 0 Å². The summed E-state index contributed by atoms with van der Waals surface area (Å²) in [6.07, 6.45) is 3.09. The van der Waals surface area contributed by atoms with E-state index in [4.69, 9.17) is 11.6 Å². The maximum absolute atomic E-state index is 11.9. The van der Waals surface area contributed by atoms with Crippen LogP contribution in [0.1, 0.15) is 35.2 Å². The van der Waals surface area contributed by atoms with Crippen LogP contribution in [0, 0.1) is 12.8 Å². The first-order valence-corrected chi connectivity index (χ1v) is 6.72. The molecule has 1 aromatic rings. The third-order valence-electron chi connectivity index (χ3n) is 3.50. The van der Waals surface area contributed by atoms with Crippen LogP contribution in [-0.4, -0.2) is 22.9 Å². The van der Waals surface area contributed by atoms with Crippen molar-refractivity contribution in [2.45, 2.75) is 31.6 Å². The molecule has 0 aliphatic heterocycles. The van der Waals surface area contributed by atoms with Gasteiger partial charge >= 0.3 is 0 Å². The fraction of sp³-hybridized carbons (Fsp3) is 0.500. The van der Waals surface area contributed by atoms with Gasteiger partial charge in [-0.1, -0.05) is 6.07 Å². The Hall–Kier alpha value is -1.22. The predicted molar refractivity (Wildman–Crippen MR) is 72.2 cm³/mol. The molecule has 1 saturated carbocycles. The van der Waals surface area contributed by atoms with Gasteiger partial charge in [-0.25, -0.2) is 0 Å². The number of phenolic OH excluding ortho intramolecular Hbond substituents is 1. The number of benzene rings is 1. The van der Waals surface area contributed by atoms with Crippen LogP contribution < -0.4 is 5.32 Å². The number of aromatic hydroxyl groups is 1. The largest absolute Gasteiger partial charge is 0.508 e. The number of carbonyl (C=O) groups is 1. The second kappa shape index (κ2) is 5.61. The lowest BCUT2D eigenvalue weighted by Crippen LogP contribution is -2.28. The summed E-state index contributed by atoms with van der Waals surface area (Å²) in [6, 6.07) is 4.97. The molecule has 0 heterocycles. The zero-order valence-corrected chi connectivity index (χ0v) is 11.2. The lowest BCUT2D eigenvalue weighted by molar-refractivity contribution is 0.0947. The summed E-state index contributed by atoms with van der Waals surface area (Å²) in [5.74, 6) is 0.503. The maximum Gasteiger partial charge on any atom is 0.251 e. The molecule has 1 fully saturated rings. The minimum atomic E-state index is -0.136. The zero-order chi connectivity index (χ0) is 13.1. The Morgan fingerprint density at radius 1 is 1.50 bits per heavy atom. The molecular formula is C14H18ClNO2. The van der Waals surface area contributed by atoms with Gasteiger partial charge in [0.25, 0.3) is 5.91 Å². The Morgan fingerprint density at radius 3 is 2.89 bits per heavy atom. The number of phenols is 1. The molecule has 2 rings (SSSR count). The van der Waals surface area contributed by atoms with Crippen LogP contribution >= 0.6 is 11.6 Å². The molecule has 2 atom stereocenters. The minimum Gasteiger partial charge on any atom is -0.508 e. The van der Waals surface area contributed by atoms with Crippen LogP contribution in [-0.2, 0) is 0 Å². The summed E-state index contributed by atoms with van der Waals surface area (Å²) in [5, 5.41) is 12.7. The highest BCUT2D eigenvalue weighted by Gasteiger charge is 2.23. The number of aryl methyl sites for hydroxylation is 1. The fourth-order valence-electron chi connectivity index (χ4n) is 2.29. The average molecular weight is 268 g/mol. The van der Waals surface area contributed by atoms with E-state index in [0.29, 0.717) is 18.0 Å².